The first kappa shape index (κ1) is 36.4. The van der Waals surface area contributed by atoms with Crippen LogP contribution in [0.15, 0.2) is 30.3 Å². The van der Waals surface area contributed by atoms with Gasteiger partial charge in [-0.1, -0.05) is 101 Å². The van der Waals surface area contributed by atoms with Gasteiger partial charge in [0.1, 0.15) is 43.8 Å². The van der Waals surface area contributed by atoms with Crippen molar-refractivity contribution >= 4 is 49.9 Å². The van der Waals surface area contributed by atoms with Gasteiger partial charge in [-0.25, -0.2) is 0 Å². The maximum atomic E-state index is 3.47. The summed E-state index contributed by atoms with van der Waals surface area (Å²) in [6.45, 7) is 26.7. The number of benzene rings is 1. The van der Waals surface area contributed by atoms with Gasteiger partial charge in [-0.15, -0.1) is 0 Å². The van der Waals surface area contributed by atoms with Crippen molar-refractivity contribution in [3.05, 3.63) is 30.3 Å². The predicted octanol–water partition coefficient (Wildman–Crippen LogP) is 5.59. The quantitative estimate of drug-likeness (QED) is 0.332. The van der Waals surface area contributed by atoms with Crippen LogP contribution < -0.4 is 4.90 Å². The van der Waals surface area contributed by atoms with Crippen molar-refractivity contribution in [2.75, 3.05) is 14.1 Å². The van der Waals surface area contributed by atoms with Crippen LogP contribution in [0.3, 0.4) is 0 Å². The Morgan fingerprint density at radius 3 is 0.947 bits per heavy atom. The normalized spacial score (nSPS) is 11.8. The van der Waals surface area contributed by atoms with Crippen molar-refractivity contribution < 1.29 is 4.90 Å². The molecule has 0 saturated heterocycles. The fourth-order valence-corrected chi connectivity index (χ4v) is 4.97. The molecule has 0 aromatic heterocycles. The summed E-state index contributed by atoms with van der Waals surface area (Å²) in [7, 11) is 6.46. The smallest absolute Gasteiger partial charge is 0.268 e. The third-order valence-electron chi connectivity index (χ3n) is 4.26. The van der Waals surface area contributed by atoms with Gasteiger partial charge in [0.25, 0.3) is 6.15 Å². The Balaban J connectivity index is 0.00000127. The van der Waals surface area contributed by atoms with Crippen LogP contribution in [-0.4, -0.2) is 58.3 Å². The first-order chi connectivity index (χ1) is 17.1. The number of quaternary nitrogens is 1. The van der Waals surface area contributed by atoms with Crippen molar-refractivity contribution in [1.82, 2.24) is 0 Å². The van der Waals surface area contributed by atoms with Gasteiger partial charge in [-0.05, 0) is 32.3 Å². The van der Waals surface area contributed by atoms with Gasteiger partial charge in [0, 0.05) is 0 Å². The second-order valence-corrected chi connectivity index (χ2v) is 21.8. The highest BCUT2D eigenvalue weighted by Gasteiger charge is 2.17. The molecule has 0 spiro atoms. The summed E-state index contributed by atoms with van der Waals surface area (Å²) in [5.41, 5.74) is 15.0. The van der Waals surface area contributed by atoms with E-state index in [0.29, 0.717) is 38.1 Å². The first-order valence-corrected chi connectivity index (χ1v) is 17.3. The minimum Gasteiger partial charge on any atom is -0.307 e. The molecule has 0 aliphatic rings. The zero-order valence-corrected chi connectivity index (χ0v) is 30.5. The number of para-hydroxylation sites is 1. The molecule has 0 aliphatic carbocycles. The summed E-state index contributed by atoms with van der Waals surface area (Å²) in [6, 6.07) is 10.4. The molecular weight excluding hydrogens is 522 g/mol. The first-order valence-electron chi connectivity index (χ1n) is 13.3. The van der Waals surface area contributed by atoms with Crippen LogP contribution in [0.2, 0.25) is 20.2 Å². The number of hydrogen-bond acceptors (Lipinski definition) is 0. The second-order valence-electron chi connectivity index (χ2n) is 13.8. The van der Waals surface area contributed by atoms with Crippen molar-refractivity contribution in [2.24, 2.45) is 0 Å². The zero-order valence-electron chi connectivity index (χ0n) is 26.5. The van der Waals surface area contributed by atoms with E-state index >= 15 is 0 Å². The Hall–Kier alpha value is -1.65. The summed E-state index contributed by atoms with van der Waals surface area (Å²) in [6.07, 6.45) is -1.64. The van der Waals surface area contributed by atoms with E-state index in [-0.39, 0.29) is 20.2 Å². The van der Waals surface area contributed by atoms with E-state index in [2.05, 4.69) is 167 Å². The van der Waals surface area contributed by atoms with Gasteiger partial charge >= 0.3 is 0 Å². The molecule has 1 aromatic rings. The lowest BCUT2D eigenvalue weighted by Gasteiger charge is -2.20. The third kappa shape index (κ3) is 21.3. The summed E-state index contributed by atoms with van der Waals surface area (Å²) in [5, 5.41) is 0.764. The molecule has 1 N–H and O–H groups in total. The van der Waals surface area contributed by atoms with Crippen molar-refractivity contribution in [3.63, 3.8) is 0 Å². The standard InChI is InChI=1S/C24H36BSi4.C8H11N/c1-21(2,3)26-17-13-25(14-18-27-22(4,5)6,15-19-28-23(7,8)9)16-20-29-24(10,11)12;1-9(2)8-6-4-3-5-7-8/h1-12H3;3-7H,1-2H3/q-1;/p+1. The molecule has 8 radical (unpaired) electrons. The van der Waals surface area contributed by atoms with Crippen LogP contribution in [0.25, 0.3) is 0 Å². The van der Waals surface area contributed by atoms with E-state index in [9.17, 15) is 0 Å². The van der Waals surface area contributed by atoms with Gasteiger partial charge in [-0.3, -0.25) is 23.3 Å². The molecule has 0 bridgehead atoms. The highest BCUT2D eigenvalue weighted by Crippen LogP contribution is 2.21. The van der Waals surface area contributed by atoms with Crippen LogP contribution in [0.1, 0.15) is 83.1 Å². The minimum absolute atomic E-state index is 0.191. The maximum absolute atomic E-state index is 3.47. The van der Waals surface area contributed by atoms with E-state index in [1.54, 1.807) is 0 Å². The van der Waals surface area contributed by atoms with E-state index in [4.69, 9.17) is 0 Å². The summed E-state index contributed by atoms with van der Waals surface area (Å²) < 4.78 is 0. The Bertz CT molecular complexity index is 959. The summed E-state index contributed by atoms with van der Waals surface area (Å²) in [4.78, 5) is 1.37. The Kier molecular flexibility index (Phi) is 15.1. The van der Waals surface area contributed by atoms with Crippen molar-refractivity contribution in [1.29, 1.82) is 0 Å². The molecule has 0 heterocycles. The molecule has 0 saturated carbocycles. The molecule has 0 fully saturated rings. The Morgan fingerprint density at radius 1 is 0.500 bits per heavy atom. The molecule has 0 amide bonds. The predicted molar refractivity (Wildman–Crippen MR) is 178 cm³/mol. The van der Waals surface area contributed by atoms with E-state index in [1.165, 1.54) is 10.6 Å². The van der Waals surface area contributed by atoms with Gasteiger partial charge in [0.2, 0.25) is 0 Å². The average Bonchev–Trinajstić information content (AvgIpc) is 2.71. The molecule has 0 aliphatic heterocycles. The Morgan fingerprint density at radius 2 is 0.763 bits per heavy atom. The summed E-state index contributed by atoms with van der Waals surface area (Å²) in [5.74, 6) is 13.9. The molecule has 0 atom stereocenters. The third-order valence-corrected chi connectivity index (χ3v) is 8.33. The highest BCUT2D eigenvalue weighted by atomic mass is 28.2. The monoisotopic (exact) mass is 569 g/mol. The molecule has 1 nitrogen and oxygen atoms in total. The SMILES string of the molecule is CC(C)(C)[Si]C#C[B-](C#C[Si]C(C)(C)C)(C#C[Si]C(C)(C)C)C#C[Si]C(C)(C)C.C[NH+](C)c1ccccc1. The lowest BCUT2D eigenvalue weighted by Crippen LogP contribution is -3.00. The van der Waals surface area contributed by atoms with Gasteiger partial charge in [0.15, 0.2) is 0 Å². The van der Waals surface area contributed by atoms with Crippen molar-refractivity contribution in [3.8, 4) is 45.5 Å². The van der Waals surface area contributed by atoms with E-state index < -0.39 is 6.15 Å². The molecule has 1 rings (SSSR count). The molecular formula is C32H48BNSi4. The fraction of sp³-hybridized carbons (Fsp3) is 0.562. The van der Waals surface area contributed by atoms with Crippen LogP contribution in [0.5, 0.6) is 0 Å². The van der Waals surface area contributed by atoms with E-state index in [1.807, 2.05) is 6.07 Å². The summed E-state index contributed by atoms with van der Waals surface area (Å²) >= 11 is 0. The van der Waals surface area contributed by atoms with Crippen LogP contribution in [0.4, 0.5) is 5.69 Å². The largest absolute Gasteiger partial charge is 0.307 e. The number of rotatable bonds is 1. The zero-order chi connectivity index (χ0) is 29.7. The van der Waals surface area contributed by atoms with Gasteiger partial charge in [-0.2, -0.15) is 22.2 Å². The van der Waals surface area contributed by atoms with Crippen LogP contribution in [0, 0.1) is 45.5 Å². The lowest BCUT2D eigenvalue weighted by atomic mass is 9.28. The average molecular weight is 570 g/mol. The van der Waals surface area contributed by atoms with Gasteiger partial charge in [0.05, 0.1) is 14.1 Å². The Labute approximate surface area is 247 Å². The van der Waals surface area contributed by atoms with Crippen LogP contribution >= 0.6 is 0 Å². The second kappa shape index (κ2) is 15.8. The topological polar surface area (TPSA) is 4.44 Å². The number of hydrogen-bond donors (Lipinski definition) is 1. The molecule has 6 heteroatoms. The molecule has 200 valence electrons. The van der Waals surface area contributed by atoms with Gasteiger partial charge < -0.3 is 4.90 Å². The van der Waals surface area contributed by atoms with E-state index in [0.717, 1.165) is 0 Å². The molecule has 1 aromatic carbocycles. The molecule has 38 heavy (non-hydrogen) atoms. The fourth-order valence-electron chi connectivity index (χ4n) is 2.32. The lowest BCUT2D eigenvalue weighted by molar-refractivity contribution is -0.786. The molecule has 0 unspecified atom stereocenters. The number of nitrogens with one attached hydrogen (secondary N) is 1. The van der Waals surface area contributed by atoms with Crippen molar-refractivity contribution in [2.45, 2.75) is 103 Å². The highest BCUT2D eigenvalue weighted by molar-refractivity contribution is 7.08. The maximum Gasteiger partial charge on any atom is 0.268 e. The minimum atomic E-state index is -1.64. The van der Waals surface area contributed by atoms with Crippen LogP contribution in [-0.2, 0) is 0 Å².